The zero-order valence-electron chi connectivity index (χ0n) is 7.58. The number of Topliss-reactive ketones (excluding diaryl/α,β-unsaturated/α-hetero) is 1. The zero-order valence-corrected chi connectivity index (χ0v) is 7.58. The van der Waals surface area contributed by atoms with Crippen LogP contribution in [0.25, 0.3) is 0 Å². The van der Waals surface area contributed by atoms with Crippen molar-refractivity contribution < 1.29 is 4.79 Å². The minimum Gasteiger partial charge on any atom is -0.300 e. The molecule has 0 atom stereocenters. The van der Waals surface area contributed by atoms with Crippen LogP contribution in [-0.4, -0.2) is 15.6 Å². The van der Waals surface area contributed by atoms with E-state index in [4.69, 9.17) is 0 Å². The number of aryl methyl sites for hydroxylation is 2. The standard InChI is InChI=1S/C9H14N2O/c1-8-5-6-10-11(8)7-3-4-9(2)12/h5-6H,3-4,7H2,1-2H3. The summed E-state index contributed by atoms with van der Waals surface area (Å²) in [5.74, 6) is 0.250. The van der Waals surface area contributed by atoms with Crippen LogP contribution in [0.15, 0.2) is 12.3 Å². The molecule has 0 aliphatic carbocycles. The van der Waals surface area contributed by atoms with Gasteiger partial charge in [-0.3, -0.25) is 4.68 Å². The van der Waals surface area contributed by atoms with E-state index in [2.05, 4.69) is 5.10 Å². The molecule has 0 aromatic carbocycles. The molecule has 0 fully saturated rings. The van der Waals surface area contributed by atoms with Gasteiger partial charge in [-0.25, -0.2) is 0 Å². The fraction of sp³-hybridized carbons (Fsp3) is 0.556. The van der Waals surface area contributed by atoms with Crippen LogP contribution in [0.4, 0.5) is 0 Å². The van der Waals surface area contributed by atoms with Crippen molar-refractivity contribution in [2.24, 2.45) is 0 Å². The van der Waals surface area contributed by atoms with Crippen LogP contribution in [0.2, 0.25) is 0 Å². The molecule has 0 aliphatic rings. The first kappa shape index (κ1) is 8.97. The van der Waals surface area contributed by atoms with Gasteiger partial charge in [0.05, 0.1) is 0 Å². The molecule has 0 aliphatic heterocycles. The van der Waals surface area contributed by atoms with E-state index in [0.717, 1.165) is 18.7 Å². The number of rotatable bonds is 4. The molecule has 3 heteroatoms. The molecule has 3 nitrogen and oxygen atoms in total. The van der Waals surface area contributed by atoms with E-state index in [1.54, 1.807) is 13.1 Å². The Hall–Kier alpha value is -1.12. The average molecular weight is 166 g/mol. The second kappa shape index (κ2) is 4.04. The van der Waals surface area contributed by atoms with Crippen molar-refractivity contribution in [2.75, 3.05) is 0 Å². The van der Waals surface area contributed by atoms with Crippen LogP contribution >= 0.6 is 0 Å². The van der Waals surface area contributed by atoms with Gasteiger partial charge in [-0.15, -0.1) is 0 Å². The minimum absolute atomic E-state index is 0.250. The molecule has 0 N–H and O–H groups in total. The molecule has 0 spiro atoms. The fourth-order valence-corrected chi connectivity index (χ4v) is 1.11. The Morgan fingerprint density at radius 3 is 2.92 bits per heavy atom. The lowest BCUT2D eigenvalue weighted by molar-refractivity contribution is -0.117. The van der Waals surface area contributed by atoms with Gasteiger partial charge in [0.2, 0.25) is 0 Å². The van der Waals surface area contributed by atoms with E-state index in [-0.39, 0.29) is 5.78 Å². The average Bonchev–Trinajstić information content (AvgIpc) is 2.36. The third-order valence-corrected chi connectivity index (χ3v) is 1.83. The molecule has 0 radical (unpaired) electrons. The Labute approximate surface area is 72.4 Å². The van der Waals surface area contributed by atoms with Crippen molar-refractivity contribution in [3.8, 4) is 0 Å². The van der Waals surface area contributed by atoms with E-state index < -0.39 is 0 Å². The lowest BCUT2D eigenvalue weighted by atomic mass is 10.2. The second-order valence-electron chi connectivity index (χ2n) is 3.00. The molecular formula is C9H14N2O. The molecule has 0 unspecified atom stereocenters. The molecule has 0 saturated heterocycles. The first-order valence-corrected chi connectivity index (χ1v) is 4.18. The summed E-state index contributed by atoms with van der Waals surface area (Å²) in [6.45, 7) is 4.48. The number of aromatic nitrogens is 2. The van der Waals surface area contributed by atoms with Gasteiger partial charge in [0, 0.05) is 24.9 Å². The first-order valence-electron chi connectivity index (χ1n) is 4.18. The summed E-state index contributed by atoms with van der Waals surface area (Å²) < 4.78 is 1.92. The highest BCUT2D eigenvalue weighted by Gasteiger charge is 1.97. The summed E-state index contributed by atoms with van der Waals surface area (Å²) in [4.78, 5) is 10.6. The minimum atomic E-state index is 0.250. The molecule has 1 aromatic heterocycles. The Morgan fingerprint density at radius 2 is 2.42 bits per heavy atom. The maximum Gasteiger partial charge on any atom is 0.129 e. The normalized spacial score (nSPS) is 10.2. The highest BCUT2D eigenvalue weighted by Crippen LogP contribution is 1.99. The molecular weight excluding hydrogens is 152 g/mol. The summed E-state index contributed by atoms with van der Waals surface area (Å²) in [6.07, 6.45) is 3.32. The highest BCUT2D eigenvalue weighted by molar-refractivity contribution is 5.75. The molecule has 66 valence electrons. The Balaban J connectivity index is 2.33. The Kier molecular flexibility index (Phi) is 3.02. The quantitative estimate of drug-likeness (QED) is 0.680. The van der Waals surface area contributed by atoms with Crippen molar-refractivity contribution in [1.29, 1.82) is 0 Å². The topological polar surface area (TPSA) is 34.9 Å². The number of nitrogens with zero attached hydrogens (tertiary/aromatic N) is 2. The summed E-state index contributed by atoms with van der Waals surface area (Å²) in [5.41, 5.74) is 1.15. The van der Waals surface area contributed by atoms with Crippen molar-refractivity contribution in [3.63, 3.8) is 0 Å². The molecule has 0 saturated carbocycles. The van der Waals surface area contributed by atoms with Gasteiger partial charge in [-0.2, -0.15) is 5.10 Å². The smallest absolute Gasteiger partial charge is 0.129 e. The van der Waals surface area contributed by atoms with Gasteiger partial charge in [-0.1, -0.05) is 0 Å². The number of hydrogen-bond donors (Lipinski definition) is 0. The van der Waals surface area contributed by atoms with E-state index in [1.807, 2.05) is 17.7 Å². The van der Waals surface area contributed by atoms with Gasteiger partial charge in [0.15, 0.2) is 0 Å². The molecule has 1 heterocycles. The van der Waals surface area contributed by atoms with Gasteiger partial charge in [0.1, 0.15) is 5.78 Å². The van der Waals surface area contributed by atoms with Crippen molar-refractivity contribution >= 4 is 5.78 Å². The van der Waals surface area contributed by atoms with E-state index in [9.17, 15) is 4.79 Å². The molecule has 0 amide bonds. The van der Waals surface area contributed by atoms with E-state index in [1.165, 1.54) is 0 Å². The summed E-state index contributed by atoms with van der Waals surface area (Å²) in [6, 6.07) is 1.97. The van der Waals surface area contributed by atoms with E-state index in [0.29, 0.717) is 6.42 Å². The third-order valence-electron chi connectivity index (χ3n) is 1.83. The Bertz CT molecular complexity index is 265. The van der Waals surface area contributed by atoms with Crippen LogP contribution in [0.5, 0.6) is 0 Å². The Morgan fingerprint density at radius 1 is 1.67 bits per heavy atom. The highest BCUT2D eigenvalue weighted by atomic mass is 16.1. The lowest BCUT2D eigenvalue weighted by Gasteiger charge is -2.01. The van der Waals surface area contributed by atoms with Gasteiger partial charge in [-0.05, 0) is 26.3 Å². The monoisotopic (exact) mass is 166 g/mol. The van der Waals surface area contributed by atoms with Gasteiger partial charge >= 0.3 is 0 Å². The molecule has 12 heavy (non-hydrogen) atoms. The number of hydrogen-bond acceptors (Lipinski definition) is 2. The fourth-order valence-electron chi connectivity index (χ4n) is 1.11. The summed E-state index contributed by atoms with van der Waals surface area (Å²) in [7, 11) is 0. The summed E-state index contributed by atoms with van der Waals surface area (Å²) >= 11 is 0. The summed E-state index contributed by atoms with van der Waals surface area (Å²) in [5, 5.41) is 4.12. The zero-order chi connectivity index (χ0) is 8.97. The van der Waals surface area contributed by atoms with Crippen LogP contribution < -0.4 is 0 Å². The number of carbonyl (C=O) groups is 1. The predicted octanol–water partition coefficient (Wildman–Crippen LogP) is 1.56. The number of ketones is 1. The van der Waals surface area contributed by atoms with Crippen molar-refractivity contribution in [3.05, 3.63) is 18.0 Å². The lowest BCUT2D eigenvalue weighted by Crippen LogP contribution is -2.03. The van der Waals surface area contributed by atoms with E-state index >= 15 is 0 Å². The van der Waals surface area contributed by atoms with Gasteiger partial charge < -0.3 is 4.79 Å². The van der Waals surface area contributed by atoms with Crippen LogP contribution in [-0.2, 0) is 11.3 Å². The first-order chi connectivity index (χ1) is 5.70. The SMILES string of the molecule is CC(=O)CCCn1nccc1C. The number of carbonyl (C=O) groups excluding carboxylic acids is 1. The molecule has 1 rings (SSSR count). The van der Waals surface area contributed by atoms with Crippen LogP contribution in [0.1, 0.15) is 25.5 Å². The molecule has 1 aromatic rings. The third kappa shape index (κ3) is 2.49. The molecule has 0 bridgehead atoms. The van der Waals surface area contributed by atoms with Crippen molar-refractivity contribution in [1.82, 2.24) is 9.78 Å². The van der Waals surface area contributed by atoms with Crippen LogP contribution in [0, 0.1) is 6.92 Å². The maximum absolute atomic E-state index is 10.6. The predicted molar refractivity (Wildman–Crippen MR) is 46.9 cm³/mol. The van der Waals surface area contributed by atoms with Gasteiger partial charge in [0.25, 0.3) is 0 Å². The maximum atomic E-state index is 10.6. The second-order valence-corrected chi connectivity index (χ2v) is 3.00. The largest absolute Gasteiger partial charge is 0.300 e. The van der Waals surface area contributed by atoms with Crippen LogP contribution in [0.3, 0.4) is 0 Å². The van der Waals surface area contributed by atoms with Crippen molar-refractivity contribution in [2.45, 2.75) is 33.2 Å².